The molecule has 0 unspecified atom stereocenters. The van der Waals surface area contributed by atoms with Gasteiger partial charge >= 0.3 is 6.18 Å². The number of pyridine rings is 1. The molecule has 0 aliphatic heterocycles. The van der Waals surface area contributed by atoms with Crippen LogP contribution in [-0.4, -0.2) is 30.4 Å². The summed E-state index contributed by atoms with van der Waals surface area (Å²) in [6.07, 6.45) is -2.75. The van der Waals surface area contributed by atoms with Crippen molar-refractivity contribution < 1.29 is 21.6 Å². The Balaban J connectivity index is 2.62. The zero-order valence-corrected chi connectivity index (χ0v) is 14.8. The highest BCUT2D eigenvalue weighted by atomic mass is 32.2. The summed E-state index contributed by atoms with van der Waals surface area (Å²) in [6.45, 7) is 2.55. The lowest BCUT2D eigenvalue weighted by Gasteiger charge is -2.32. The van der Waals surface area contributed by atoms with E-state index in [0.29, 0.717) is 9.87 Å². The predicted molar refractivity (Wildman–Crippen MR) is 88.5 cm³/mol. The maximum Gasteiger partial charge on any atom is 0.409 e. The summed E-state index contributed by atoms with van der Waals surface area (Å²) in [5, 5.41) is 8.89. The molecule has 138 valence electrons. The summed E-state index contributed by atoms with van der Waals surface area (Å²) in [4.78, 5) is 3.18. The Labute approximate surface area is 149 Å². The van der Waals surface area contributed by atoms with Gasteiger partial charge in [0.25, 0.3) is 0 Å². The van der Waals surface area contributed by atoms with Gasteiger partial charge < -0.3 is 0 Å². The van der Waals surface area contributed by atoms with E-state index in [1.807, 2.05) is 0 Å². The van der Waals surface area contributed by atoms with Crippen molar-refractivity contribution in [1.29, 1.82) is 5.26 Å². The van der Waals surface area contributed by atoms with Gasteiger partial charge in [-0.2, -0.15) is 22.7 Å². The van der Waals surface area contributed by atoms with Crippen molar-refractivity contribution in [3.05, 3.63) is 59.4 Å². The van der Waals surface area contributed by atoms with Gasteiger partial charge in [0.1, 0.15) is 17.0 Å². The second kappa shape index (κ2) is 7.43. The molecule has 0 bridgehead atoms. The maximum absolute atomic E-state index is 13.8. The number of halogens is 3. The van der Waals surface area contributed by atoms with Crippen LogP contribution in [0.15, 0.2) is 47.6 Å². The zero-order chi connectivity index (χ0) is 19.5. The fourth-order valence-corrected chi connectivity index (χ4v) is 4.21. The lowest BCUT2D eigenvalue weighted by atomic mass is 10.0. The normalized spacial score (nSPS) is 13.4. The van der Waals surface area contributed by atoms with Gasteiger partial charge in [-0.05, 0) is 18.6 Å². The number of benzene rings is 1. The number of rotatable bonds is 5. The fourth-order valence-electron chi connectivity index (χ4n) is 2.61. The van der Waals surface area contributed by atoms with Crippen LogP contribution >= 0.6 is 0 Å². The Hall–Kier alpha value is -2.44. The van der Waals surface area contributed by atoms with Crippen molar-refractivity contribution >= 4 is 10.0 Å². The van der Waals surface area contributed by atoms with Gasteiger partial charge in [0.15, 0.2) is 0 Å². The van der Waals surface area contributed by atoms with Gasteiger partial charge in [0.2, 0.25) is 10.0 Å². The van der Waals surface area contributed by atoms with Crippen LogP contribution in [0.4, 0.5) is 13.2 Å². The number of hydrogen-bond donors (Lipinski definition) is 0. The quantitative estimate of drug-likeness (QED) is 0.791. The topological polar surface area (TPSA) is 74.1 Å². The molecule has 1 aromatic heterocycles. The lowest BCUT2D eigenvalue weighted by molar-refractivity contribution is -0.173. The molecule has 9 heteroatoms. The molecule has 26 heavy (non-hydrogen) atoms. The third-order valence-electron chi connectivity index (χ3n) is 3.72. The van der Waals surface area contributed by atoms with Gasteiger partial charge in [0.05, 0.1) is 5.56 Å². The van der Waals surface area contributed by atoms with E-state index in [1.54, 1.807) is 19.1 Å². The van der Waals surface area contributed by atoms with Crippen molar-refractivity contribution in [3.8, 4) is 6.07 Å². The second-order valence-electron chi connectivity index (χ2n) is 5.59. The average Bonchev–Trinajstić information content (AvgIpc) is 2.58. The summed E-state index contributed by atoms with van der Waals surface area (Å²) in [5.74, 6) is 0. The molecule has 0 aliphatic carbocycles. The van der Waals surface area contributed by atoms with E-state index in [4.69, 9.17) is 5.26 Å². The number of nitriles is 1. The molecule has 0 aliphatic rings. The fraction of sp³-hybridized carbons (Fsp3) is 0.294. The third kappa shape index (κ3) is 4.03. The largest absolute Gasteiger partial charge is 0.409 e. The van der Waals surface area contributed by atoms with Crippen molar-refractivity contribution in [3.63, 3.8) is 0 Å². The van der Waals surface area contributed by atoms with E-state index in [9.17, 15) is 21.6 Å². The molecular weight excluding hydrogens is 367 g/mol. The van der Waals surface area contributed by atoms with Gasteiger partial charge in [0, 0.05) is 18.9 Å². The first kappa shape index (κ1) is 19.9. The van der Waals surface area contributed by atoms with Crippen LogP contribution in [-0.2, 0) is 10.0 Å². The Morgan fingerprint density at radius 2 is 1.96 bits per heavy atom. The minimum atomic E-state index is -4.82. The molecule has 0 N–H and O–H groups in total. The van der Waals surface area contributed by atoms with Gasteiger partial charge in [-0.15, -0.1) is 0 Å². The number of hydrogen-bond acceptors (Lipinski definition) is 4. The molecule has 0 amide bonds. The smallest absolute Gasteiger partial charge is 0.262 e. The maximum atomic E-state index is 13.8. The molecule has 0 fully saturated rings. The van der Waals surface area contributed by atoms with E-state index in [-0.39, 0.29) is 11.1 Å². The summed E-state index contributed by atoms with van der Waals surface area (Å²) in [6, 6.07) is 6.01. The first-order valence-corrected chi connectivity index (χ1v) is 9.05. The Bertz CT molecular complexity index is 937. The minimum Gasteiger partial charge on any atom is -0.262 e. The summed E-state index contributed by atoms with van der Waals surface area (Å²) in [5.41, 5.74) is 0.354. The number of sulfonamides is 1. The molecule has 1 heterocycles. The van der Waals surface area contributed by atoms with E-state index in [2.05, 4.69) is 4.98 Å². The number of nitrogens with zero attached hydrogens (tertiary/aromatic N) is 3. The first-order valence-electron chi connectivity index (χ1n) is 7.61. The molecule has 0 saturated carbocycles. The standard InChI is InChI=1S/C17H16F3N3O2S/c1-3-23(26(24,25)15-8-13(9-21)10-22-11-15)16(17(18,19)20)14-6-4-5-12(2)7-14/h4-8,10-11,16H,3H2,1-2H3/t16-/m1/s1. The number of aryl methyl sites for hydroxylation is 1. The summed E-state index contributed by atoms with van der Waals surface area (Å²) in [7, 11) is -4.53. The molecular formula is C17H16F3N3O2S. The van der Waals surface area contributed by atoms with Crippen molar-refractivity contribution in [2.24, 2.45) is 0 Å². The number of aromatic nitrogens is 1. The van der Waals surface area contributed by atoms with Gasteiger partial charge in [-0.3, -0.25) is 4.98 Å². The Morgan fingerprint density at radius 3 is 2.50 bits per heavy atom. The third-order valence-corrected chi connectivity index (χ3v) is 5.62. The number of alkyl halides is 3. The van der Waals surface area contributed by atoms with E-state index < -0.39 is 33.7 Å². The first-order chi connectivity index (χ1) is 12.1. The van der Waals surface area contributed by atoms with Crippen LogP contribution in [0.25, 0.3) is 0 Å². The van der Waals surface area contributed by atoms with Crippen LogP contribution in [0.3, 0.4) is 0 Å². The van der Waals surface area contributed by atoms with E-state index in [1.165, 1.54) is 25.1 Å². The highest BCUT2D eigenvalue weighted by molar-refractivity contribution is 7.89. The molecule has 1 atom stereocenters. The molecule has 0 radical (unpaired) electrons. The van der Waals surface area contributed by atoms with Crippen LogP contribution in [0.1, 0.15) is 29.7 Å². The van der Waals surface area contributed by atoms with E-state index >= 15 is 0 Å². The SMILES string of the molecule is CCN([C@H](c1cccc(C)c1)C(F)(F)F)S(=O)(=O)c1cncc(C#N)c1. The average molecular weight is 383 g/mol. The molecule has 0 spiro atoms. The molecule has 2 aromatic rings. The zero-order valence-electron chi connectivity index (χ0n) is 14.0. The highest BCUT2D eigenvalue weighted by Crippen LogP contribution is 2.40. The van der Waals surface area contributed by atoms with Crippen molar-refractivity contribution in [2.45, 2.75) is 31.0 Å². The van der Waals surface area contributed by atoms with E-state index in [0.717, 1.165) is 18.5 Å². The van der Waals surface area contributed by atoms with Gasteiger partial charge in [-0.25, -0.2) is 8.42 Å². The summed E-state index contributed by atoms with van der Waals surface area (Å²) < 4.78 is 67.5. The molecule has 0 saturated heterocycles. The lowest BCUT2D eigenvalue weighted by Crippen LogP contribution is -2.42. The van der Waals surface area contributed by atoms with Crippen LogP contribution < -0.4 is 0 Å². The van der Waals surface area contributed by atoms with Crippen molar-refractivity contribution in [2.75, 3.05) is 6.54 Å². The summed E-state index contributed by atoms with van der Waals surface area (Å²) >= 11 is 0. The van der Waals surface area contributed by atoms with Crippen LogP contribution in [0, 0.1) is 18.3 Å². The van der Waals surface area contributed by atoms with Crippen molar-refractivity contribution in [1.82, 2.24) is 9.29 Å². The Morgan fingerprint density at radius 1 is 1.27 bits per heavy atom. The highest BCUT2D eigenvalue weighted by Gasteiger charge is 2.48. The van der Waals surface area contributed by atoms with Gasteiger partial charge in [-0.1, -0.05) is 36.8 Å². The second-order valence-corrected chi connectivity index (χ2v) is 7.48. The Kier molecular flexibility index (Phi) is 5.68. The van der Waals surface area contributed by atoms with Crippen LogP contribution in [0.2, 0.25) is 0 Å². The minimum absolute atomic E-state index is 0.0544. The monoisotopic (exact) mass is 383 g/mol. The molecule has 5 nitrogen and oxygen atoms in total. The predicted octanol–water partition coefficient (Wildman–Crippen LogP) is 3.58. The molecule has 1 aromatic carbocycles. The molecule has 2 rings (SSSR count). The van der Waals surface area contributed by atoms with Crippen LogP contribution in [0.5, 0.6) is 0 Å².